The summed E-state index contributed by atoms with van der Waals surface area (Å²) >= 11 is 0. The second-order valence-corrected chi connectivity index (χ2v) is 4.46. The highest BCUT2D eigenvalue weighted by Gasteiger charge is 2.53. The summed E-state index contributed by atoms with van der Waals surface area (Å²) in [4.78, 5) is 10.9. The van der Waals surface area contributed by atoms with Crippen LogP contribution in [0.15, 0.2) is 18.2 Å². The van der Waals surface area contributed by atoms with E-state index in [4.69, 9.17) is 10.8 Å². The van der Waals surface area contributed by atoms with Crippen molar-refractivity contribution in [2.24, 2.45) is 5.73 Å². The smallest absolute Gasteiger partial charge is 0.321 e. The van der Waals surface area contributed by atoms with E-state index in [0.717, 1.165) is 5.56 Å². The molecule has 2 rings (SSSR count). The highest BCUT2D eigenvalue weighted by Crippen LogP contribution is 2.51. The lowest BCUT2D eigenvalue weighted by atomic mass is 9.87. The SMILES string of the molecule is Cc1ccc(F)c(C2(C(N)C(=O)O)CC2)c1. The second-order valence-electron chi connectivity index (χ2n) is 4.46. The van der Waals surface area contributed by atoms with E-state index < -0.39 is 17.4 Å². The molecule has 3 nitrogen and oxygen atoms in total. The van der Waals surface area contributed by atoms with Crippen molar-refractivity contribution in [1.82, 2.24) is 0 Å². The lowest BCUT2D eigenvalue weighted by molar-refractivity contribution is -0.139. The molecular weight excluding hydrogens is 209 g/mol. The van der Waals surface area contributed by atoms with E-state index in [0.29, 0.717) is 18.4 Å². The van der Waals surface area contributed by atoms with Crippen LogP contribution in [0.25, 0.3) is 0 Å². The largest absolute Gasteiger partial charge is 0.480 e. The van der Waals surface area contributed by atoms with Crippen molar-refractivity contribution < 1.29 is 14.3 Å². The fourth-order valence-electron chi connectivity index (χ4n) is 2.14. The van der Waals surface area contributed by atoms with E-state index in [1.165, 1.54) is 6.07 Å². The number of benzene rings is 1. The van der Waals surface area contributed by atoms with Gasteiger partial charge in [-0.3, -0.25) is 4.79 Å². The van der Waals surface area contributed by atoms with Gasteiger partial charge in [-0.05, 0) is 31.4 Å². The Morgan fingerprint density at radius 2 is 2.19 bits per heavy atom. The van der Waals surface area contributed by atoms with Crippen LogP contribution >= 0.6 is 0 Å². The maximum Gasteiger partial charge on any atom is 0.321 e. The highest BCUT2D eigenvalue weighted by atomic mass is 19.1. The molecule has 0 radical (unpaired) electrons. The Kier molecular flexibility index (Phi) is 2.46. The van der Waals surface area contributed by atoms with Gasteiger partial charge in [-0.1, -0.05) is 17.7 Å². The molecular formula is C12H14FNO2. The van der Waals surface area contributed by atoms with E-state index in [-0.39, 0.29) is 5.82 Å². The molecule has 4 heteroatoms. The van der Waals surface area contributed by atoms with Gasteiger partial charge in [-0.25, -0.2) is 4.39 Å². The predicted molar refractivity (Wildman–Crippen MR) is 57.7 cm³/mol. The molecule has 0 aliphatic heterocycles. The molecule has 0 spiro atoms. The number of carboxylic acids is 1. The number of carbonyl (C=O) groups is 1. The Morgan fingerprint density at radius 1 is 1.56 bits per heavy atom. The number of halogens is 1. The Labute approximate surface area is 93.1 Å². The number of aliphatic carboxylic acids is 1. The van der Waals surface area contributed by atoms with Crippen LogP contribution in [-0.2, 0) is 10.2 Å². The summed E-state index contributed by atoms with van der Waals surface area (Å²) in [6, 6.07) is 3.72. The summed E-state index contributed by atoms with van der Waals surface area (Å²) < 4.78 is 13.7. The highest BCUT2D eigenvalue weighted by molar-refractivity contribution is 5.77. The number of aryl methyl sites for hydroxylation is 1. The van der Waals surface area contributed by atoms with Crippen molar-refractivity contribution in [2.75, 3.05) is 0 Å². The molecule has 86 valence electrons. The minimum absolute atomic E-state index is 0.361. The van der Waals surface area contributed by atoms with Gasteiger partial charge in [0.25, 0.3) is 0 Å². The van der Waals surface area contributed by atoms with Crippen LogP contribution in [0.3, 0.4) is 0 Å². The third-order valence-electron chi connectivity index (χ3n) is 3.31. The van der Waals surface area contributed by atoms with E-state index in [1.807, 2.05) is 6.92 Å². The van der Waals surface area contributed by atoms with Gasteiger partial charge in [0.05, 0.1) is 0 Å². The molecule has 0 aromatic heterocycles. The summed E-state index contributed by atoms with van der Waals surface area (Å²) in [5.74, 6) is -1.43. The third kappa shape index (κ3) is 1.59. The van der Waals surface area contributed by atoms with Crippen molar-refractivity contribution in [3.8, 4) is 0 Å². The molecule has 1 aromatic rings. The van der Waals surface area contributed by atoms with Gasteiger partial charge in [-0.15, -0.1) is 0 Å². The standard InChI is InChI=1S/C12H14FNO2/c1-7-2-3-9(13)8(6-7)12(4-5-12)10(14)11(15)16/h2-3,6,10H,4-5,14H2,1H3,(H,15,16). The predicted octanol–water partition coefficient (Wildman–Crippen LogP) is 1.58. The first kappa shape index (κ1) is 11.1. The van der Waals surface area contributed by atoms with Crippen molar-refractivity contribution in [1.29, 1.82) is 0 Å². The quantitative estimate of drug-likeness (QED) is 0.817. The van der Waals surface area contributed by atoms with E-state index in [2.05, 4.69) is 0 Å². The average molecular weight is 223 g/mol. The molecule has 1 aliphatic rings. The van der Waals surface area contributed by atoms with Gasteiger partial charge in [0, 0.05) is 5.41 Å². The number of carboxylic acid groups (broad SMARTS) is 1. The molecule has 3 N–H and O–H groups in total. The van der Waals surface area contributed by atoms with Gasteiger partial charge in [0.2, 0.25) is 0 Å². The van der Waals surface area contributed by atoms with E-state index in [9.17, 15) is 9.18 Å². The van der Waals surface area contributed by atoms with Gasteiger partial charge in [-0.2, -0.15) is 0 Å². The van der Waals surface area contributed by atoms with E-state index >= 15 is 0 Å². The third-order valence-corrected chi connectivity index (χ3v) is 3.31. The minimum Gasteiger partial charge on any atom is -0.480 e. The second kappa shape index (κ2) is 3.56. The van der Waals surface area contributed by atoms with Gasteiger partial charge >= 0.3 is 5.97 Å². The van der Waals surface area contributed by atoms with Gasteiger partial charge in [0.1, 0.15) is 11.9 Å². The topological polar surface area (TPSA) is 63.3 Å². The van der Waals surface area contributed by atoms with Crippen LogP contribution < -0.4 is 5.73 Å². The molecule has 1 fully saturated rings. The van der Waals surface area contributed by atoms with Crippen molar-refractivity contribution in [3.63, 3.8) is 0 Å². The average Bonchev–Trinajstić information content (AvgIpc) is 3.01. The minimum atomic E-state index is -1.07. The zero-order valence-electron chi connectivity index (χ0n) is 9.03. The van der Waals surface area contributed by atoms with Gasteiger partial charge in [0.15, 0.2) is 0 Å². The summed E-state index contributed by atoms with van der Waals surface area (Å²) in [5.41, 5.74) is 6.31. The lowest BCUT2D eigenvalue weighted by Gasteiger charge is -2.21. The van der Waals surface area contributed by atoms with Crippen molar-refractivity contribution in [3.05, 3.63) is 35.1 Å². The van der Waals surface area contributed by atoms with Crippen LogP contribution in [0.4, 0.5) is 4.39 Å². The zero-order valence-corrected chi connectivity index (χ0v) is 9.03. The number of rotatable bonds is 3. The Balaban J connectivity index is 2.44. The maximum absolute atomic E-state index is 13.7. The molecule has 0 amide bonds. The van der Waals surface area contributed by atoms with Crippen molar-refractivity contribution in [2.45, 2.75) is 31.2 Å². The molecule has 1 aromatic carbocycles. The molecule has 0 heterocycles. The van der Waals surface area contributed by atoms with E-state index in [1.54, 1.807) is 12.1 Å². The molecule has 1 saturated carbocycles. The number of hydrogen-bond acceptors (Lipinski definition) is 2. The first-order valence-electron chi connectivity index (χ1n) is 5.22. The lowest BCUT2D eigenvalue weighted by Crippen LogP contribution is -2.42. The Hall–Kier alpha value is -1.42. The summed E-state index contributed by atoms with van der Waals surface area (Å²) in [6.07, 6.45) is 1.28. The maximum atomic E-state index is 13.7. The van der Waals surface area contributed by atoms with Gasteiger partial charge < -0.3 is 10.8 Å². The molecule has 1 aliphatic carbocycles. The summed E-state index contributed by atoms with van der Waals surface area (Å²) in [5, 5.41) is 8.93. The molecule has 0 saturated heterocycles. The Morgan fingerprint density at radius 3 is 2.69 bits per heavy atom. The first-order chi connectivity index (χ1) is 7.47. The fraction of sp³-hybridized carbons (Fsp3) is 0.417. The molecule has 1 atom stereocenters. The number of nitrogens with two attached hydrogens (primary N) is 1. The van der Waals surface area contributed by atoms with Crippen LogP contribution in [0, 0.1) is 12.7 Å². The first-order valence-corrected chi connectivity index (χ1v) is 5.22. The number of hydrogen-bond donors (Lipinski definition) is 2. The monoisotopic (exact) mass is 223 g/mol. The fourth-order valence-corrected chi connectivity index (χ4v) is 2.14. The summed E-state index contributed by atoms with van der Waals surface area (Å²) in [6.45, 7) is 1.85. The van der Waals surface area contributed by atoms with Crippen molar-refractivity contribution >= 4 is 5.97 Å². The van der Waals surface area contributed by atoms with Crippen LogP contribution in [0.5, 0.6) is 0 Å². The molecule has 0 bridgehead atoms. The van der Waals surface area contributed by atoms with Crippen LogP contribution in [-0.4, -0.2) is 17.1 Å². The van der Waals surface area contributed by atoms with Crippen LogP contribution in [0.2, 0.25) is 0 Å². The normalized spacial score (nSPS) is 19.2. The Bertz CT molecular complexity index is 441. The van der Waals surface area contributed by atoms with Crippen LogP contribution in [0.1, 0.15) is 24.0 Å². The summed E-state index contributed by atoms with van der Waals surface area (Å²) in [7, 11) is 0. The zero-order chi connectivity index (χ0) is 11.9. The molecule has 1 unspecified atom stereocenters. The molecule has 16 heavy (non-hydrogen) atoms.